The molecule has 2 aliphatic rings. The first-order chi connectivity index (χ1) is 9.25. The molecule has 0 radical (unpaired) electrons. The van der Waals surface area contributed by atoms with Crippen molar-refractivity contribution in [3.8, 4) is 0 Å². The summed E-state index contributed by atoms with van der Waals surface area (Å²) in [6, 6.07) is 10.3. The summed E-state index contributed by atoms with van der Waals surface area (Å²) in [6.45, 7) is 1.73. The molecule has 1 aromatic rings. The number of rotatable bonds is 3. The van der Waals surface area contributed by atoms with Crippen molar-refractivity contribution in [3.05, 3.63) is 35.9 Å². The molecule has 1 aliphatic carbocycles. The van der Waals surface area contributed by atoms with Gasteiger partial charge in [0.2, 0.25) is 5.91 Å². The molecule has 3 atom stereocenters. The number of hydrogen-bond donors (Lipinski definition) is 1. The summed E-state index contributed by atoms with van der Waals surface area (Å²) in [5, 5.41) is 3.43. The average molecular weight is 258 g/mol. The van der Waals surface area contributed by atoms with Crippen molar-refractivity contribution in [2.45, 2.75) is 31.8 Å². The molecule has 0 aromatic heterocycles. The largest absolute Gasteiger partial charge is 0.340 e. The van der Waals surface area contributed by atoms with Gasteiger partial charge in [-0.15, -0.1) is 0 Å². The Morgan fingerprint density at radius 3 is 2.89 bits per heavy atom. The van der Waals surface area contributed by atoms with E-state index in [0.717, 1.165) is 12.5 Å². The van der Waals surface area contributed by atoms with E-state index >= 15 is 0 Å². The van der Waals surface area contributed by atoms with E-state index in [1.165, 1.54) is 24.8 Å². The summed E-state index contributed by atoms with van der Waals surface area (Å²) >= 11 is 0. The topological polar surface area (TPSA) is 32.3 Å². The second-order valence-electron chi connectivity index (χ2n) is 5.92. The van der Waals surface area contributed by atoms with Crippen molar-refractivity contribution in [2.24, 2.45) is 11.8 Å². The van der Waals surface area contributed by atoms with E-state index in [1.54, 1.807) is 0 Å². The van der Waals surface area contributed by atoms with Gasteiger partial charge in [0.25, 0.3) is 0 Å². The number of nitrogens with zero attached hydrogens (tertiary/aromatic N) is 1. The monoisotopic (exact) mass is 258 g/mol. The summed E-state index contributed by atoms with van der Waals surface area (Å²) in [5.74, 6) is 1.57. The van der Waals surface area contributed by atoms with Crippen molar-refractivity contribution in [1.82, 2.24) is 10.2 Å². The van der Waals surface area contributed by atoms with Gasteiger partial charge in [0.05, 0.1) is 6.04 Å². The SMILES string of the molecule is CN(Cc1ccccc1)C(=O)C1NCC2CCCC21. The van der Waals surface area contributed by atoms with Crippen LogP contribution in [0, 0.1) is 11.8 Å². The molecule has 3 rings (SSSR count). The summed E-state index contributed by atoms with van der Waals surface area (Å²) in [6.07, 6.45) is 3.81. The highest BCUT2D eigenvalue weighted by atomic mass is 16.2. The smallest absolute Gasteiger partial charge is 0.240 e. The van der Waals surface area contributed by atoms with Gasteiger partial charge in [-0.25, -0.2) is 0 Å². The molecule has 3 nitrogen and oxygen atoms in total. The second-order valence-corrected chi connectivity index (χ2v) is 5.92. The minimum atomic E-state index is 0.0567. The lowest BCUT2D eigenvalue weighted by Gasteiger charge is -2.24. The van der Waals surface area contributed by atoms with Crippen molar-refractivity contribution < 1.29 is 4.79 Å². The zero-order chi connectivity index (χ0) is 13.2. The van der Waals surface area contributed by atoms with Crippen LogP contribution in [0.4, 0.5) is 0 Å². The quantitative estimate of drug-likeness (QED) is 0.900. The number of benzene rings is 1. The number of carbonyl (C=O) groups excluding carboxylic acids is 1. The molecule has 1 saturated carbocycles. The van der Waals surface area contributed by atoms with Crippen LogP contribution in [0.15, 0.2) is 30.3 Å². The Morgan fingerprint density at radius 2 is 2.11 bits per heavy atom. The number of fused-ring (bicyclic) bond motifs is 1. The number of nitrogens with one attached hydrogen (secondary N) is 1. The first kappa shape index (κ1) is 12.7. The molecular formula is C16H22N2O. The summed E-state index contributed by atoms with van der Waals surface area (Å²) in [7, 11) is 1.92. The molecular weight excluding hydrogens is 236 g/mol. The Kier molecular flexibility index (Phi) is 3.56. The molecule has 1 saturated heterocycles. The molecule has 1 aliphatic heterocycles. The lowest BCUT2D eigenvalue weighted by Crippen LogP contribution is -2.44. The van der Waals surface area contributed by atoms with Gasteiger partial charge in [-0.1, -0.05) is 36.8 Å². The van der Waals surface area contributed by atoms with E-state index in [0.29, 0.717) is 12.5 Å². The van der Waals surface area contributed by atoms with Crippen LogP contribution in [-0.2, 0) is 11.3 Å². The van der Waals surface area contributed by atoms with E-state index in [4.69, 9.17) is 0 Å². The van der Waals surface area contributed by atoms with Crippen LogP contribution in [-0.4, -0.2) is 30.4 Å². The third-order valence-electron chi connectivity index (χ3n) is 4.65. The fourth-order valence-electron chi connectivity index (χ4n) is 3.63. The molecule has 0 bridgehead atoms. The molecule has 102 valence electrons. The standard InChI is InChI=1S/C16H22N2O/c1-18(11-12-6-3-2-4-7-12)16(19)15-14-9-5-8-13(14)10-17-15/h2-4,6-7,13-15,17H,5,8-11H2,1H3. The van der Waals surface area contributed by atoms with Gasteiger partial charge in [-0.2, -0.15) is 0 Å². The molecule has 2 fully saturated rings. The Hall–Kier alpha value is -1.35. The van der Waals surface area contributed by atoms with Gasteiger partial charge in [0.1, 0.15) is 0 Å². The van der Waals surface area contributed by atoms with Gasteiger partial charge in [0.15, 0.2) is 0 Å². The average Bonchev–Trinajstić information content (AvgIpc) is 3.01. The number of amides is 1. The van der Waals surface area contributed by atoms with Gasteiger partial charge < -0.3 is 10.2 Å². The van der Waals surface area contributed by atoms with Crippen molar-refractivity contribution in [3.63, 3.8) is 0 Å². The summed E-state index contributed by atoms with van der Waals surface area (Å²) in [5.41, 5.74) is 1.19. The molecule has 0 spiro atoms. The molecule has 1 heterocycles. The Balaban J connectivity index is 1.63. The summed E-state index contributed by atoms with van der Waals surface area (Å²) < 4.78 is 0. The van der Waals surface area contributed by atoms with E-state index in [1.807, 2.05) is 30.1 Å². The van der Waals surface area contributed by atoms with Crippen LogP contribution in [0.3, 0.4) is 0 Å². The highest BCUT2D eigenvalue weighted by molar-refractivity contribution is 5.82. The maximum absolute atomic E-state index is 12.6. The fraction of sp³-hybridized carbons (Fsp3) is 0.562. The molecule has 19 heavy (non-hydrogen) atoms. The van der Waals surface area contributed by atoms with Crippen LogP contribution in [0.5, 0.6) is 0 Å². The van der Waals surface area contributed by atoms with Crippen LogP contribution in [0.25, 0.3) is 0 Å². The predicted molar refractivity (Wildman–Crippen MR) is 75.5 cm³/mol. The van der Waals surface area contributed by atoms with Gasteiger partial charge in [-0.3, -0.25) is 4.79 Å². The molecule has 3 unspecified atom stereocenters. The van der Waals surface area contributed by atoms with Crippen LogP contribution in [0.1, 0.15) is 24.8 Å². The van der Waals surface area contributed by atoms with E-state index < -0.39 is 0 Å². The minimum absolute atomic E-state index is 0.0567. The lowest BCUT2D eigenvalue weighted by atomic mass is 9.93. The molecule has 1 aromatic carbocycles. The van der Waals surface area contributed by atoms with Gasteiger partial charge in [-0.05, 0) is 36.8 Å². The first-order valence-corrected chi connectivity index (χ1v) is 7.28. The zero-order valence-corrected chi connectivity index (χ0v) is 11.5. The second kappa shape index (κ2) is 5.33. The minimum Gasteiger partial charge on any atom is -0.340 e. The molecule has 1 amide bonds. The van der Waals surface area contributed by atoms with Gasteiger partial charge >= 0.3 is 0 Å². The Morgan fingerprint density at radius 1 is 1.32 bits per heavy atom. The molecule has 3 heteroatoms. The van der Waals surface area contributed by atoms with Gasteiger partial charge in [0, 0.05) is 13.6 Å². The number of hydrogen-bond acceptors (Lipinski definition) is 2. The predicted octanol–water partition coefficient (Wildman–Crippen LogP) is 2.03. The van der Waals surface area contributed by atoms with Crippen LogP contribution in [0.2, 0.25) is 0 Å². The maximum Gasteiger partial charge on any atom is 0.240 e. The van der Waals surface area contributed by atoms with E-state index in [-0.39, 0.29) is 11.9 Å². The van der Waals surface area contributed by atoms with Crippen molar-refractivity contribution in [2.75, 3.05) is 13.6 Å². The highest BCUT2D eigenvalue weighted by Crippen LogP contribution is 2.38. The van der Waals surface area contributed by atoms with Crippen LogP contribution >= 0.6 is 0 Å². The Labute approximate surface area is 115 Å². The lowest BCUT2D eigenvalue weighted by molar-refractivity contribution is -0.133. The van der Waals surface area contributed by atoms with E-state index in [2.05, 4.69) is 17.4 Å². The third kappa shape index (κ3) is 2.52. The highest BCUT2D eigenvalue weighted by Gasteiger charge is 2.43. The third-order valence-corrected chi connectivity index (χ3v) is 4.65. The summed E-state index contributed by atoms with van der Waals surface area (Å²) in [4.78, 5) is 14.4. The van der Waals surface area contributed by atoms with Crippen molar-refractivity contribution >= 4 is 5.91 Å². The Bertz CT molecular complexity index is 445. The normalized spacial score (nSPS) is 29.2. The maximum atomic E-state index is 12.6. The van der Waals surface area contributed by atoms with Crippen molar-refractivity contribution in [1.29, 1.82) is 0 Å². The molecule has 1 N–H and O–H groups in total. The zero-order valence-electron chi connectivity index (χ0n) is 11.5. The van der Waals surface area contributed by atoms with E-state index in [9.17, 15) is 4.79 Å². The fourth-order valence-corrected chi connectivity index (χ4v) is 3.63. The number of carbonyl (C=O) groups is 1. The number of likely N-dealkylation sites (N-methyl/N-ethyl adjacent to an activating group) is 1. The first-order valence-electron chi connectivity index (χ1n) is 7.28. The van der Waals surface area contributed by atoms with Crippen LogP contribution < -0.4 is 5.32 Å².